The predicted octanol–water partition coefficient (Wildman–Crippen LogP) is 2.68. The van der Waals surface area contributed by atoms with E-state index in [4.69, 9.17) is 4.74 Å². The number of methoxy groups -OCH3 is 1. The van der Waals surface area contributed by atoms with E-state index in [1.165, 1.54) is 5.56 Å². The van der Waals surface area contributed by atoms with Crippen molar-refractivity contribution in [1.29, 1.82) is 0 Å². The maximum atomic E-state index is 10.4. The molecular formula is C16H25NO2. The van der Waals surface area contributed by atoms with Crippen LogP contribution in [0.25, 0.3) is 0 Å². The fourth-order valence-corrected chi connectivity index (χ4v) is 2.94. The van der Waals surface area contributed by atoms with Crippen molar-refractivity contribution in [2.45, 2.75) is 45.4 Å². The van der Waals surface area contributed by atoms with E-state index in [1.807, 2.05) is 12.1 Å². The Hall–Kier alpha value is -1.06. The zero-order valence-corrected chi connectivity index (χ0v) is 12.4. The Balaban J connectivity index is 1.99. The molecule has 0 bridgehead atoms. The summed E-state index contributed by atoms with van der Waals surface area (Å²) >= 11 is 0. The smallest absolute Gasteiger partial charge is 0.118 e. The molecule has 1 aliphatic carbocycles. The molecule has 1 saturated carbocycles. The monoisotopic (exact) mass is 263 g/mol. The van der Waals surface area contributed by atoms with Gasteiger partial charge in [0.15, 0.2) is 0 Å². The quantitative estimate of drug-likeness (QED) is 0.906. The molecule has 1 aliphatic rings. The zero-order chi connectivity index (χ0) is 14.0. The molecule has 0 saturated heterocycles. The van der Waals surface area contributed by atoms with E-state index < -0.39 is 0 Å². The highest BCUT2D eigenvalue weighted by molar-refractivity contribution is 5.27. The first-order valence-corrected chi connectivity index (χ1v) is 6.95. The molecule has 0 heterocycles. The molecule has 1 fully saturated rings. The minimum atomic E-state index is -0.240. The molecule has 3 heteroatoms. The average Bonchev–Trinajstić information content (AvgIpc) is 2.65. The van der Waals surface area contributed by atoms with Gasteiger partial charge in [0.1, 0.15) is 5.75 Å². The van der Waals surface area contributed by atoms with E-state index in [1.54, 1.807) is 7.11 Å². The molecule has 19 heavy (non-hydrogen) atoms. The second kappa shape index (κ2) is 5.51. The van der Waals surface area contributed by atoms with Crippen LogP contribution in [-0.2, 0) is 6.54 Å². The van der Waals surface area contributed by atoms with Crippen LogP contribution in [0.3, 0.4) is 0 Å². The second-order valence-electron chi connectivity index (χ2n) is 6.30. The van der Waals surface area contributed by atoms with E-state index in [0.29, 0.717) is 0 Å². The number of hydrogen-bond donors (Lipinski definition) is 1. The SMILES string of the molecule is COc1ccc(CN(C)C2CCC(C)(C)C2O)cc1. The van der Waals surface area contributed by atoms with Crippen LogP contribution in [0.15, 0.2) is 24.3 Å². The second-order valence-corrected chi connectivity index (χ2v) is 6.30. The van der Waals surface area contributed by atoms with Gasteiger partial charge >= 0.3 is 0 Å². The summed E-state index contributed by atoms with van der Waals surface area (Å²) in [6, 6.07) is 8.40. The van der Waals surface area contributed by atoms with Crippen LogP contribution in [0.4, 0.5) is 0 Å². The summed E-state index contributed by atoms with van der Waals surface area (Å²) in [6.07, 6.45) is 1.92. The lowest BCUT2D eigenvalue weighted by Gasteiger charge is -2.31. The molecule has 1 aromatic carbocycles. The lowest BCUT2D eigenvalue weighted by molar-refractivity contribution is 0.0209. The van der Waals surface area contributed by atoms with E-state index in [-0.39, 0.29) is 17.6 Å². The molecule has 2 unspecified atom stereocenters. The van der Waals surface area contributed by atoms with E-state index in [0.717, 1.165) is 25.1 Å². The molecular weight excluding hydrogens is 238 g/mol. The van der Waals surface area contributed by atoms with Gasteiger partial charge in [-0.2, -0.15) is 0 Å². The molecule has 0 aromatic heterocycles. The third kappa shape index (κ3) is 3.10. The lowest BCUT2D eigenvalue weighted by atomic mass is 9.88. The van der Waals surface area contributed by atoms with Crippen molar-refractivity contribution in [3.8, 4) is 5.75 Å². The highest BCUT2D eigenvalue weighted by Crippen LogP contribution is 2.39. The van der Waals surface area contributed by atoms with Gasteiger partial charge in [-0.15, -0.1) is 0 Å². The summed E-state index contributed by atoms with van der Waals surface area (Å²) in [5.74, 6) is 0.883. The number of aliphatic hydroxyl groups excluding tert-OH is 1. The predicted molar refractivity (Wildman–Crippen MR) is 77.3 cm³/mol. The fourth-order valence-electron chi connectivity index (χ4n) is 2.94. The van der Waals surface area contributed by atoms with E-state index in [2.05, 4.69) is 37.9 Å². The van der Waals surface area contributed by atoms with Crippen molar-refractivity contribution >= 4 is 0 Å². The van der Waals surface area contributed by atoms with Gasteiger partial charge in [-0.1, -0.05) is 26.0 Å². The summed E-state index contributed by atoms with van der Waals surface area (Å²) in [5, 5.41) is 10.4. The molecule has 0 radical (unpaired) electrons. The van der Waals surface area contributed by atoms with Gasteiger partial charge in [0.2, 0.25) is 0 Å². The normalized spacial score (nSPS) is 25.8. The van der Waals surface area contributed by atoms with Crippen LogP contribution in [-0.4, -0.2) is 36.3 Å². The fraction of sp³-hybridized carbons (Fsp3) is 0.625. The van der Waals surface area contributed by atoms with Crippen molar-refractivity contribution in [3.05, 3.63) is 29.8 Å². The van der Waals surface area contributed by atoms with Gasteiger partial charge in [0, 0.05) is 12.6 Å². The third-order valence-corrected chi connectivity index (χ3v) is 4.41. The number of rotatable bonds is 4. The first kappa shape index (κ1) is 14.4. The summed E-state index contributed by atoms with van der Waals surface area (Å²) in [6.45, 7) is 5.17. The van der Waals surface area contributed by atoms with Gasteiger partial charge in [0.25, 0.3) is 0 Å². The van der Waals surface area contributed by atoms with Crippen molar-refractivity contribution in [3.63, 3.8) is 0 Å². The minimum absolute atomic E-state index is 0.0405. The standard InChI is InChI=1S/C16H25NO2/c1-16(2)10-9-14(15(16)18)17(3)11-12-5-7-13(19-4)8-6-12/h5-8,14-15,18H,9-11H2,1-4H3. The van der Waals surface area contributed by atoms with Crippen LogP contribution in [0, 0.1) is 5.41 Å². The van der Waals surface area contributed by atoms with Crippen LogP contribution < -0.4 is 4.74 Å². The number of likely N-dealkylation sites (N-methyl/N-ethyl adjacent to an activating group) is 1. The summed E-state index contributed by atoms with van der Waals surface area (Å²) in [5.41, 5.74) is 1.29. The van der Waals surface area contributed by atoms with Crippen molar-refractivity contribution in [1.82, 2.24) is 4.90 Å². The molecule has 2 atom stereocenters. The maximum Gasteiger partial charge on any atom is 0.118 e. The first-order chi connectivity index (χ1) is 8.94. The summed E-state index contributed by atoms with van der Waals surface area (Å²) in [7, 11) is 3.78. The van der Waals surface area contributed by atoms with Crippen molar-refractivity contribution < 1.29 is 9.84 Å². The molecule has 0 aliphatic heterocycles. The average molecular weight is 263 g/mol. The number of hydrogen-bond acceptors (Lipinski definition) is 3. The molecule has 0 amide bonds. The van der Waals surface area contributed by atoms with Gasteiger partial charge in [0.05, 0.1) is 13.2 Å². The van der Waals surface area contributed by atoms with Crippen LogP contribution in [0.1, 0.15) is 32.3 Å². The van der Waals surface area contributed by atoms with Gasteiger partial charge in [-0.05, 0) is 43.0 Å². The van der Waals surface area contributed by atoms with Gasteiger partial charge in [-0.3, -0.25) is 4.90 Å². The molecule has 106 valence electrons. The Morgan fingerprint density at radius 2 is 1.95 bits per heavy atom. The Morgan fingerprint density at radius 1 is 1.32 bits per heavy atom. The number of nitrogens with zero attached hydrogens (tertiary/aromatic N) is 1. The van der Waals surface area contributed by atoms with Crippen LogP contribution in [0.5, 0.6) is 5.75 Å². The Labute approximate surface area is 116 Å². The highest BCUT2D eigenvalue weighted by Gasteiger charge is 2.42. The third-order valence-electron chi connectivity index (χ3n) is 4.41. The largest absolute Gasteiger partial charge is 0.497 e. The molecule has 2 rings (SSSR count). The van der Waals surface area contributed by atoms with Crippen LogP contribution >= 0.6 is 0 Å². The lowest BCUT2D eigenvalue weighted by Crippen LogP contribution is -2.41. The molecule has 1 aromatic rings. The summed E-state index contributed by atoms with van der Waals surface area (Å²) < 4.78 is 5.16. The number of aliphatic hydroxyl groups is 1. The Bertz CT molecular complexity index is 413. The number of ether oxygens (including phenoxy) is 1. The van der Waals surface area contributed by atoms with Crippen LogP contribution in [0.2, 0.25) is 0 Å². The number of benzene rings is 1. The van der Waals surface area contributed by atoms with Gasteiger partial charge in [-0.25, -0.2) is 0 Å². The van der Waals surface area contributed by atoms with E-state index >= 15 is 0 Å². The topological polar surface area (TPSA) is 32.7 Å². The molecule has 3 nitrogen and oxygen atoms in total. The minimum Gasteiger partial charge on any atom is -0.497 e. The molecule has 0 spiro atoms. The highest BCUT2D eigenvalue weighted by atomic mass is 16.5. The van der Waals surface area contributed by atoms with Crippen molar-refractivity contribution in [2.24, 2.45) is 5.41 Å². The van der Waals surface area contributed by atoms with Crippen molar-refractivity contribution in [2.75, 3.05) is 14.2 Å². The zero-order valence-electron chi connectivity index (χ0n) is 12.4. The van der Waals surface area contributed by atoms with E-state index in [9.17, 15) is 5.11 Å². The Kier molecular flexibility index (Phi) is 4.16. The van der Waals surface area contributed by atoms with Gasteiger partial charge < -0.3 is 9.84 Å². The Morgan fingerprint density at radius 3 is 2.42 bits per heavy atom. The summed E-state index contributed by atoms with van der Waals surface area (Å²) in [4.78, 5) is 2.27. The first-order valence-electron chi connectivity index (χ1n) is 6.95. The molecule has 1 N–H and O–H groups in total. The maximum absolute atomic E-state index is 10.4.